The van der Waals surface area contributed by atoms with Gasteiger partial charge in [0.05, 0.1) is 12.3 Å². The average Bonchev–Trinajstić information content (AvgIpc) is 2.71. The first-order valence-electron chi connectivity index (χ1n) is 7.51. The van der Waals surface area contributed by atoms with Gasteiger partial charge < -0.3 is 10.5 Å². The number of hydrogen-bond acceptors (Lipinski definition) is 3. The summed E-state index contributed by atoms with van der Waals surface area (Å²) in [5, 5.41) is 4.46. The van der Waals surface area contributed by atoms with Crippen LogP contribution in [0.5, 0.6) is 5.75 Å². The molecule has 0 fully saturated rings. The van der Waals surface area contributed by atoms with Crippen LogP contribution in [0.1, 0.15) is 41.9 Å². The molecule has 1 atom stereocenters. The second kappa shape index (κ2) is 6.76. The molecule has 4 heteroatoms. The van der Waals surface area contributed by atoms with Gasteiger partial charge in [-0.3, -0.25) is 4.68 Å². The van der Waals surface area contributed by atoms with Gasteiger partial charge in [0.2, 0.25) is 0 Å². The Hall–Kier alpha value is -1.81. The third-order valence-corrected chi connectivity index (χ3v) is 3.98. The Balaban J connectivity index is 2.10. The monoisotopic (exact) mass is 287 g/mol. The molecule has 0 aliphatic rings. The molecule has 21 heavy (non-hydrogen) atoms. The molecule has 0 aliphatic heterocycles. The highest BCUT2D eigenvalue weighted by Crippen LogP contribution is 2.27. The van der Waals surface area contributed by atoms with Crippen molar-refractivity contribution in [1.29, 1.82) is 0 Å². The Labute approximate surface area is 126 Å². The van der Waals surface area contributed by atoms with Gasteiger partial charge in [-0.15, -0.1) is 0 Å². The number of aryl methyl sites for hydroxylation is 2. The van der Waals surface area contributed by atoms with E-state index in [4.69, 9.17) is 10.5 Å². The summed E-state index contributed by atoms with van der Waals surface area (Å²) in [6.07, 6.45) is 1.82. The fourth-order valence-corrected chi connectivity index (χ4v) is 2.71. The molecule has 0 aliphatic carbocycles. The number of nitrogens with two attached hydrogens (primary N) is 1. The molecule has 1 aromatic heterocycles. The predicted molar refractivity (Wildman–Crippen MR) is 85.5 cm³/mol. The van der Waals surface area contributed by atoms with Crippen molar-refractivity contribution in [2.45, 2.75) is 39.7 Å². The van der Waals surface area contributed by atoms with Crippen molar-refractivity contribution in [3.8, 4) is 5.75 Å². The molecule has 1 aromatic carbocycles. The maximum Gasteiger partial charge on any atom is 0.124 e. The second-order valence-corrected chi connectivity index (χ2v) is 5.39. The number of aromatic nitrogens is 2. The molecular formula is C17H25N3O. The van der Waals surface area contributed by atoms with Gasteiger partial charge in [0.25, 0.3) is 0 Å². The summed E-state index contributed by atoms with van der Waals surface area (Å²) in [7, 11) is 1.98. The van der Waals surface area contributed by atoms with Gasteiger partial charge in [0, 0.05) is 24.3 Å². The Morgan fingerprint density at radius 3 is 2.62 bits per heavy atom. The van der Waals surface area contributed by atoms with Crippen LogP contribution in [-0.4, -0.2) is 16.4 Å². The lowest BCUT2D eigenvalue weighted by atomic mass is 9.98. The molecular weight excluding hydrogens is 262 g/mol. The van der Waals surface area contributed by atoms with E-state index in [0.29, 0.717) is 6.61 Å². The maximum atomic E-state index is 6.37. The number of nitrogens with zero attached hydrogens (tertiary/aromatic N) is 2. The number of rotatable bonds is 6. The fraction of sp³-hybridized carbons (Fsp3) is 0.471. The third-order valence-electron chi connectivity index (χ3n) is 3.98. The molecule has 0 bridgehead atoms. The van der Waals surface area contributed by atoms with Gasteiger partial charge in [-0.25, -0.2) is 0 Å². The van der Waals surface area contributed by atoms with Crippen molar-refractivity contribution >= 4 is 0 Å². The summed E-state index contributed by atoms with van der Waals surface area (Å²) in [6.45, 7) is 6.81. The molecule has 114 valence electrons. The van der Waals surface area contributed by atoms with Crippen LogP contribution in [0.25, 0.3) is 0 Å². The summed E-state index contributed by atoms with van der Waals surface area (Å²) in [5.74, 6) is 0.895. The molecule has 0 saturated carbocycles. The van der Waals surface area contributed by atoms with E-state index in [0.717, 1.165) is 29.8 Å². The molecule has 0 radical (unpaired) electrons. The van der Waals surface area contributed by atoms with E-state index in [1.807, 2.05) is 36.9 Å². The third kappa shape index (κ3) is 3.45. The quantitative estimate of drug-likeness (QED) is 0.888. The Morgan fingerprint density at radius 2 is 2.00 bits per heavy atom. The zero-order valence-corrected chi connectivity index (χ0v) is 13.4. The molecule has 0 saturated heterocycles. The lowest BCUT2D eigenvalue weighted by Gasteiger charge is -2.16. The number of benzene rings is 1. The van der Waals surface area contributed by atoms with E-state index < -0.39 is 0 Å². The normalized spacial score (nSPS) is 12.4. The highest BCUT2D eigenvalue weighted by Gasteiger charge is 2.15. The first-order chi connectivity index (χ1) is 10.0. The minimum Gasteiger partial charge on any atom is -0.494 e. The molecule has 0 amide bonds. The van der Waals surface area contributed by atoms with Crippen molar-refractivity contribution in [1.82, 2.24) is 9.78 Å². The van der Waals surface area contributed by atoms with Crippen LogP contribution in [0.3, 0.4) is 0 Å². The minimum absolute atomic E-state index is 0.0215. The van der Waals surface area contributed by atoms with Crippen LogP contribution in [0.2, 0.25) is 0 Å². The number of hydrogen-bond donors (Lipinski definition) is 1. The SMILES string of the molecule is CCOc1ccccc1C(N)CCc1c(C)nn(C)c1C. The average molecular weight is 287 g/mol. The van der Waals surface area contributed by atoms with Crippen LogP contribution >= 0.6 is 0 Å². The highest BCUT2D eigenvalue weighted by atomic mass is 16.5. The smallest absolute Gasteiger partial charge is 0.124 e. The van der Waals surface area contributed by atoms with Crippen LogP contribution in [-0.2, 0) is 13.5 Å². The van der Waals surface area contributed by atoms with Gasteiger partial charge in [0.15, 0.2) is 0 Å². The van der Waals surface area contributed by atoms with Crippen molar-refractivity contribution in [3.63, 3.8) is 0 Å². The molecule has 0 spiro atoms. The minimum atomic E-state index is -0.0215. The van der Waals surface area contributed by atoms with Gasteiger partial charge in [-0.2, -0.15) is 5.10 Å². The second-order valence-electron chi connectivity index (χ2n) is 5.39. The van der Waals surface area contributed by atoms with Gasteiger partial charge in [-0.1, -0.05) is 18.2 Å². The first-order valence-corrected chi connectivity index (χ1v) is 7.51. The van der Waals surface area contributed by atoms with Crippen molar-refractivity contribution in [2.24, 2.45) is 12.8 Å². The lowest BCUT2D eigenvalue weighted by Crippen LogP contribution is -2.13. The standard InChI is InChI=1S/C17H25N3O/c1-5-21-17-9-7-6-8-15(17)16(18)11-10-14-12(2)19-20(4)13(14)3/h6-9,16H,5,10-11,18H2,1-4H3. The van der Waals surface area contributed by atoms with Gasteiger partial charge in [0.1, 0.15) is 5.75 Å². The predicted octanol–water partition coefficient (Wildman–Crippen LogP) is 3.07. The summed E-state index contributed by atoms with van der Waals surface area (Å²) in [6, 6.07) is 8.01. The molecule has 1 unspecified atom stereocenters. The summed E-state index contributed by atoms with van der Waals surface area (Å²) >= 11 is 0. The highest BCUT2D eigenvalue weighted by molar-refractivity contribution is 5.36. The Kier molecular flexibility index (Phi) is 5.02. The summed E-state index contributed by atoms with van der Waals surface area (Å²) in [5.41, 5.74) is 11.1. The lowest BCUT2D eigenvalue weighted by molar-refractivity contribution is 0.333. The summed E-state index contributed by atoms with van der Waals surface area (Å²) in [4.78, 5) is 0. The van der Waals surface area contributed by atoms with Crippen LogP contribution in [0.4, 0.5) is 0 Å². The molecule has 2 aromatic rings. The van der Waals surface area contributed by atoms with Crippen molar-refractivity contribution in [2.75, 3.05) is 6.61 Å². The molecule has 2 rings (SSSR count). The van der Waals surface area contributed by atoms with Crippen LogP contribution in [0.15, 0.2) is 24.3 Å². The number of para-hydroxylation sites is 1. The Bertz CT molecular complexity index is 604. The molecule has 2 N–H and O–H groups in total. The van der Waals surface area contributed by atoms with Gasteiger partial charge >= 0.3 is 0 Å². The topological polar surface area (TPSA) is 53.1 Å². The van der Waals surface area contributed by atoms with Crippen LogP contribution in [0, 0.1) is 13.8 Å². The van der Waals surface area contributed by atoms with Crippen LogP contribution < -0.4 is 10.5 Å². The fourth-order valence-electron chi connectivity index (χ4n) is 2.71. The van der Waals surface area contributed by atoms with E-state index in [1.165, 1.54) is 11.3 Å². The maximum absolute atomic E-state index is 6.37. The number of ether oxygens (including phenoxy) is 1. The van der Waals surface area contributed by atoms with E-state index in [2.05, 4.69) is 25.0 Å². The zero-order chi connectivity index (χ0) is 15.4. The van der Waals surface area contributed by atoms with E-state index >= 15 is 0 Å². The van der Waals surface area contributed by atoms with E-state index in [-0.39, 0.29) is 6.04 Å². The van der Waals surface area contributed by atoms with E-state index in [1.54, 1.807) is 0 Å². The van der Waals surface area contributed by atoms with Gasteiger partial charge in [-0.05, 0) is 45.2 Å². The largest absolute Gasteiger partial charge is 0.494 e. The van der Waals surface area contributed by atoms with Crippen molar-refractivity contribution in [3.05, 3.63) is 46.8 Å². The van der Waals surface area contributed by atoms with Crippen molar-refractivity contribution < 1.29 is 4.74 Å². The Morgan fingerprint density at radius 1 is 1.29 bits per heavy atom. The summed E-state index contributed by atoms with van der Waals surface area (Å²) < 4.78 is 7.60. The molecule has 1 heterocycles. The van der Waals surface area contributed by atoms with E-state index in [9.17, 15) is 0 Å². The zero-order valence-electron chi connectivity index (χ0n) is 13.4. The molecule has 4 nitrogen and oxygen atoms in total. The first kappa shape index (κ1) is 15.6.